The zero-order chi connectivity index (χ0) is 20.2. The van der Waals surface area contributed by atoms with Crippen LogP contribution in [0, 0.1) is 23.7 Å². The molecule has 0 atom stereocenters. The van der Waals surface area contributed by atoms with Gasteiger partial charge in [0, 0.05) is 11.1 Å². The minimum absolute atomic E-state index is 0.561. The third kappa shape index (κ3) is 7.29. The number of methoxy groups -OCH3 is 1. The van der Waals surface area contributed by atoms with E-state index in [1.165, 1.54) is 24.8 Å². The van der Waals surface area contributed by atoms with Crippen LogP contribution in [-0.2, 0) is 6.42 Å². The molecule has 28 heavy (non-hydrogen) atoms. The van der Waals surface area contributed by atoms with E-state index in [1.807, 2.05) is 24.3 Å². The van der Waals surface area contributed by atoms with Gasteiger partial charge in [-0.1, -0.05) is 50.2 Å². The number of halogens is 2. The highest BCUT2D eigenvalue weighted by molar-refractivity contribution is 5.46. The summed E-state index contributed by atoms with van der Waals surface area (Å²) in [6.45, 7) is 2.19. The van der Waals surface area contributed by atoms with E-state index >= 15 is 0 Å². The van der Waals surface area contributed by atoms with Gasteiger partial charge in [0.2, 0.25) is 11.7 Å². The smallest absolute Gasteiger partial charge is 0.217 e. The van der Waals surface area contributed by atoms with Crippen molar-refractivity contribution < 1.29 is 13.5 Å². The van der Waals surface area contributed by atoms with Crippen LogP contribution in [-0.4, -0.2) is 7.11 Å². The minimum atomic E-state index is -1.17. The van der Waals surface area contributed by atoms with E-state index in [0.717, 1.165) is 12.8 Å². The Morgan fingerprint density at radius 2 is 1.32 bits per heavy atom. The van der Waals surface area contributed by atoms with Gasteiger partial charge in [-0.2, -0.15) is 8.78 Å². The van der Waals surface area contributed by atoms with E-state index < -0.39 is 11.7 Å². The van der Waals surface area contributed by atoms with Gasteiger partial charge in [0.1, 0.15) is 5.75 Å². The van der Waals surface area contributed by atoms with Crippen LogP contribution >= 0.6 is 0 Å². The van der Waals surface area contributed by atoms with Gasteiger partial charge in [0.25, 0.3) is 0 Å². The zero-order valence-electron chi connectivity index (χ0n) is 16.3. The van der Waals surface area contributed by atoms with Gasteiger partial charge in [-0.15, -0.1) is 0 Å². The summed E-state index contributed by atoms with van der Waals surface area (Å²) in [6.07, 6.45) is 5.88. The van der Waals surface area contributed by atoms with Crippen molar-refractivity contribution in [2.45, 2.75) is 39.0 Å². The highest BCUT2D eigenvalue weighted by Gasteiger charge is 2.00. The van der Waals surface area contributed by atoms with Crippen LogP contribution in [0.15, 0.2) is 60.2 Å². The molecule has 0 aromatic heterocycles. The summed E-state index contributed by atoms with van der Waals surface area (Å²) in [5, 5.41) is 0. The lowest BCUT2D eigenvalue weighted by atomic mass is 10.0. The molecular weight excluding hydrogens is 354 g/mol. The Morgan fingerprint density at radius 1 is 0.786 bits per heavy atom. The second-order valence-corrected chi connectivity index (χ2v) is 6.36. The van der Waals surface area contributed by atoms with Gasteiger partial charge in [-0.3, -0.25) is 0 Å². The summed E-state index contributed by atoms with van der Waals surface area (Å²) in [5.41, 5.74) is 2.43. The number of aryl methyl sites for hydroxylation is 1. The molecular formula is C25H24F2O. The number of unbranched alkanes of at least 4 members (excludes halogenated alkanes) is 3. The molecule has 3 heteroatoms. The second-order valence-electron chi connectivity index (χ2n) is 6.36. The molecule has 144 valence electrons. The van der Waals surface area contributed by atoms with Crippen molar-refractivity contribution >= 4 is 0 Å². The van der Waals surface area contributed by atoms with Crippen LogP contribution in [0.1, 0.15) is 49.3 Å². The van der Waals surface area contributed by atoms with E-state index in [2.05, 4.69) is 30.6 Å². The van der Waals surface area contributed by atoms with Gasteiger partial charge < -0.3 is 4.74 Å². The van der Waals surface area contributed by atoms with Crippen molar-refractivity contribution in [3.8, 4) is 29.4 Å². The van der Waals surface area contributed by atoms with Crippen molar-refractivity contribution in [2.75, 3.05) is 7.11 Å². The quantitative estimate of drug-likeness (QED) is 0.419. The summed E-state index contributed by atoms with van der Waals surface area (Å²) >= 11 is 0. The molecule has 0 amide bonds. The molecule has 0 fully saturated rings. The van der Waals surface area contributed by atoms with Crippen LogP contribution in [0.4, 0.5) is 8.78 Å². The molecule has 0 heterocycles. The third-order valence-corrected chi connectivity index (χ3v) is 4.19. The number of rotatable bonds is 6. The van der Waals surface area contributed by atoms with Crippen molar-refractivity contribution in [2.24, 2.45) is 0 Å². The SMILES string of the molecule is CCCCCCc1ccc(C#CC(F)=C(F)C#Cc2ccc(OC)cc2)cc1. The fourth-order valence-corrected chi connectivity index (χ4v) is 2.55. The largest absolute Gasteiger partial charge is 0.497 e. The maximum absolute atomic E-state index is 13.8. The van der Waals surface area contributed by atoms with Gasteiger partial charge in [0.15, 0.2) is 0 Å². The molecule has 0 spiro atoms. The van der Waals surface area contributed by atoms with Gasteiger partial charge in [-0.25, -0.2) is 0 Å². The Hall–Kier alpha value is -3.04. The Balaban J connectivity index is 1.98. The maximum Gasteiger partial charge on any atom is 0.217 e. The molecule has 2 aromatic carbocycles. The van der Waals surface area contributed by atoms with Gasteiger partial charge >= 0.3 is 0 Å². The van der Waals surface area contributed by atoms with Crippen LogP contribution in [0.3, 0.4) is 0 Å². The molecule has 0 aliphatic carbocycles. The number of allylic oxidation sites excluding steroid dienone is 2. The molecule has 2 aromatic rings. The second kappa shape index (κ2) is 11.6. The van der Waals surface area contributed by atoms with Gasteiger partial charge in [0.05, 0.1) is 7.11 Å². The number of ether oxygens (including phenoxy) is 1. The first-order chi connectivity index (χ1) is 13.6. The first-order valence-corrected chi connectivity index (χ1v) is 9.44. The predicted octanol–water partition coefficient (Wildman–Crippen LogP) is 6.37. The summed E-state index contributed by atoms with van der Waals surface area (Å²) in [5.74, 6) is 7.90. The average molecular weight is 378 g/mol. The van der Waals surface area contributed by atoms with Crippen LogP contribution < -0.4 is 4.74 Å². The fourth-order valence-electron chi connectivity index (χ4n) is 2.55. The van der Waals surface area contributed by atoms with Crippen LogP contribution in [0.5, 0.6) is 5.75 Å². The third-order valence-electron chi connectivity index (χ3n) is 4.19. The number of benzene rings is 2. The molecule has 0 radical (unpaired) electrons. The zero-order valence-corrected chi connectivity index (χ0v) is 16.3. The Labute approximate surface area is 166 Å². The Kier molecular flexibility index (Phi) is 8.83. The lowest BCUT2D eigenvalue weighted by Crippen LogP contribution is -1.86. The Bertz CT molecular complexity index is 901. The average Bonchev–Trinajstić information content (AvgIpc) is 2.74. The van der Waals surface area contributed by atoms with Crippen molar-refractivity contribution in [3.05, 3.63) is 76.9 Å². The summed E-state index contributed by atoms with van der Waals surface area (Å²) < 4.78 is 32.7. The molecule has 0 bridgehead atoms. The maximum atomic E-state index is 13.8. The predicted molar refractivity (Wildman–Crippen MR) is 110 cm³/mol. The van der Waals surface area contributed by atoms with E-state index in [-0.39, 0.29) is 0 Å². The fraction of sp³-hybridized carbons (Fsp3) is 0.280. The lowest BCUT2D eigenvalue weighted by molar-refractivity contribution is 0.415. The molecule has 0 aliphatic rings. The Morgan fingerprint density at radius 3 is 1.82 bits per heavy atom. The van der Waals surface area contributed by atoms with Crippen molar-refractivity contribution in [1.82, 2.24) is 0 Å². The number of hydrogen-bond acceptors (Lipinski definition) is 1. The van der Waals surface area contributed by atoms with Crippen LogP contribution in [0.2, 0.25) is 0 Å². The van der Waals surface area contributed by atoms with E-state index in [9.17, 15) is 8.78 Å². The molecule has 0 saturated heterocycles. The number of hydrogen-bond donors (Lipinski definition) is 0. The summed E-state index contributed by atoms with van der Waals surface area (Å²) in [7, 11) is 1.55. The van der Waals surface area contributed by atoms with Gasteiger partial charge in [-0.05, 0) is 66.6 Å². The molecule has 1 nitrogen and oxygen atoms in total. The van der Waals surface area contributed by atoms with Crippen molar-refractivity contribution in [1.29, 1.82) is 0 Å². The normalized spacial score (nSPS) is 10.9. The molecule has 0 unspecified atom stereocenters. The van der Waals surface area contributed by atoms with E-state index in [0.29, 0.717) is 16.9 Å². The molecule has 0 N–H and O–H groups in total. The highest BCUT2D eigenvalue weighted by Crippen LogP contribution is 2.12. The topological polar surface area (TPSA) is 9.23 Å². The lowest BCUT2D eigenvalue weighted by Gasteiger charge is -2.01. The van der Waals surface area contributed by atoms with E-state index in [4.69, 9.17) is 4.74 Å². The molecule has 0 aliphatic heterocycles. The summed E-state index contributed by atoms with van der Waals surface area (Å²) in [6, 6.07) is 14.4. The molecule has 2 rings (SSSR count). The monoisotopic (exact) mass is 378 g/mol. The highest BCUT2D eigenvalue weighted by atomic mass is 19.2. The van der Waals surface area contributed by atoms with Crippen molar-refractivity contribution in [3.63, 3.8) is 0 Å². The van der Waals surface area contributed by atoms with E-state index in [1.54, 1.807) is 31.4 Å². The first kappa shape index (κ1) is 21.3. The minimum Gasteiger partial charge on any atom is -0.497 e. The first-order valence-electron chi connectivity index (χ1n) is 9.44. The summed E-state index contributed by atoms with van der Waals surface area (Å²) in [4.78, 5) is 0. The van der Waals surface area contributed by atoms with Crippen LogP contribution in [0.25, 0.3) is 0 Å². The molecule has 0 saturated carbocycles. The standard InChI is InChI=1S/C25H24F2O/c1-3-4-5-6-7-20-8-10-21(11-9-20)14-18-24(26)25(27)19-15-22-12-16-23(28-2)17-13-22/h8-13,16-17H,3-7H2,1-2H3.